The summed E-state index contributed by atoms with van der Waals surface area (Å²) in [7, 11) is 0. The molecule has 1 N–H and O–H groups in total. The molecular formula is C18H27NO3S. The van der Waals surface area contributed by atoms with Crippen LogP contribution in [0.15, 0.2) is 18.2 Å². The number of anilines is 1. The fourth-order valence-electron chi connectivity index (χ4n) is 1.98. The zero-order valence-corrected chi connectivity index (χ0v) is 15.7. The van der Waals surface area contributed by atoms with Crippen molar-refractivity contribution in [1.29, 1.82) is 0 Å². The van der Waals surface area contributed by atoms with Crippen molar-refractivity contribution >= 4 is 29.3 Å². The average molecular weight is 337 g/mol. The van der Waals surface area contributed by atoms with Gasteiger partial charge in [0.05, 0.1) is 5.75 Å². The lowest BCUT2D eigenvalue weighted by Gasteiger charge is -2.17. The van der Waals surface area contributed by atoms with E-state index in [1.165, 1.54) is 11.8 Å². The summed E-state index contributed by atoms with van der Waals surface area (Å²) in [5, 5.41) is 2.86. The molecule has 0 saturated carbocycles. The molecule has 0 atom stereocenters. The predicted molar refractivity (Wildman–Crippen MR) is 97.1 cm³/mol. The van der Waals surface area contributed by atoms with Crippen LogP contribution in [0.25, 0.3) is 0 Å². The number of para-hydroxylation sites is 1. The second-order valence-electron chi connectivity index (χ2n) is 6.80. The third kappa shape index (κ3) is 7.08. The summed E-state index contributed by atoms with van der Waals surface area (Å²) in [6, 6.07) is 5.93. The van der Waals surface area contributed by atoms with E-state index in [-0.39, 0.29) is 29.0 Å². The largest absolute Gasteiger partial charge is 0.455 e. The first-order chi connectivity index (χ1) is 10.6. The van der Waals surface area contributed by atoms with Crippen LogP contribution < -0.4 is 5.32 Å². The van der Waals surface area contributed by atoms with E-state index in [0.29, 0.717) is 5.92 Å². The van der Waals surface area contributed by atoms with Gasteiger partial charge in [-0.3, -0.25) is 9.59 Å². The molecule has 0 aliphatic carbocycles. The van der Waals surface area contributed by atoms with E-state index in [4.69, 9.17) is 4.74 Å². The topological polar surface area (TPSA) is 55.4 Å². The van der Waals surface area contributed by atoms with Gasteiger partial charge in [-0.1, -0.05) is 52.8 Å². The van der Waals surface area contributed by atoms with Crippen LogP contribution in [-0.4, -0.2) is 29.0 Å². The van der Waals surface area contributed by atoms with Gasteiger partial charge in [0.25, 0.3) is 5.91 Å². The minimum Gasteiger partial charge on any atom is -0.455 e. The van der Waals surface area contributed by atoms with Crippen molar-refractivity contribution < 1.29 is 14.3 Å². The number of benzene rings is 1. The van der Waals surface area contributed by atoms with E-state index in [1.807, 2.05) is 45.9 Å². The van der Waals surface area contributed by atoms with Gasteiger partial charge < -0.3 is 10.1 Å². The second-order valence-corrected chi connectivity index (χ2v) is 8.61. The van der Waals surface area contributed by atoms with Crippen LogP contribution in [0.2, 0.25) is 0 Å². The fourth-order valence-corrected chi connectivity index (χ4v) is 2.62. The summed E-state index contributed by atoms with van der Waals surface area (Å²) >= 11 is 1.50. The molecule has 4 nitrogen and oxygen atoms in total. The van der Waals surface area contributed by atoms with Gasteiger partial charge in [-0.2, -0.15) is 0 Å². The number of ether oxygens (including phenoxy) is 1. The molecule has 1 aromatic rings. The van der Waals surface area contributed by atoms with Crippen LogP contribution >= 0.6 is 11.8 Å². The smallest absolute Gasteiger partial charge is 0.316 e. The van der Waals surface area contributed by atoms with E-state index < -0.39 is 0 Å². The second kappa shape index (κ2) is 8.39. The summed E-state index contributed by atoms with van der Waals surface area (Å²) in [5.41, 5.74) is 2.89. The molecule has 0 bridgehead atoms. The zero-order valence-electron chi connectivity index (χ0n) is 14.9. The summed E-state index contributed by atoms with van der Waals surface area (Å²) in [4.78, 5) is 23.7. The van der Waals surface area contributed by atoms with Gasteiger partial charge in [-0.05, 0) is 24.0 Å². The number of rotatable bonds is 6. The highest BCUT2D eigenvalue weighted by atomic mass is 32.2. The number of hydrogen-bond donors (Lipinski definition) is 1. The minimum atomic E-state index is -0.367. The molecule has 0 aliphatic rings. The maximum atomic E-state index is 12.0. The quantitative estimate of drug-likeness (QED) is 0.793. The van der Waals surface area contributed by atoms with Gasteiger partial charge >= 0.3 is 5.97 Å². The Morgan fingerprint density at radius 2 is 1.91 bits per heavy atom. The van der Waals surface area contributed by atoms with E-state index in [0.717, 1.165) is 16.8 Å². The van der Waals surface area contributed by atoms with Gasteiger partial charge in [0, 0.05) is 10.4 Å². The Labute approximate surface area is 143 Å². The van der Waals surface area contributed by atoms with Crippen molar-refractivity contribution in [3.8, 4) is 0 Å². The highest BCUT2D eigenvalue weighted by Gasteiger charge is 2.16. The summed E-state index contributed by atoms with van der Waals surface area (Å²) < 4.78 is 5.03. The first-order valence-corrected chi connectivity index (χ1v) is 8.77. The van der Waals surface area contributed by atoms with Crippen LogP contribution in [0.1, 0.15) is 51.7 Å². The van der Waals surface area contributed by atoms with Crippen LogP contribution in [0, 0.1) is 6.92 Å². The molecule has 1 rings (SSSR count). The molecule has 0 saturated heterocycles. The Balaban J connectivity index is 2.57. The van der Waals surface area contributed by atoms with Crippen molar-refractivity contribution in [2.45, 2.75) is 52.2 Å². The van der Waals surface area contributed by atoms with E-state index in [1.54, 1.807) is 0 Å². The number of carbonyl (C=O) groups is 2. The van der Waals surface area contributed by atoms with Gasteiger partial charge in [-0.15, -0.1) is 11.8 Å². The Hall–Kier alpha value is -1.49. The number of nitrogens with one attached hydrogen (secondary N) is 1. The van der Waals surface area contributed by atoms with Gasteiger partial charge in [-0.25, -0.2) is 0 Å². The fraction of sp³-hybridized carbons (Fsp3) is 0.556. The summed E-state index contributed by atoms with van der Waals surface area (Å²) in [6.45, 7) is 11.9. The SMILES string of the molecule is Cc1cccc(C(C)C)c1NC(=O)COC(=O)CSC(C)(C)C. The third-order valence-electron chi connectivity index (χ3n) is 3.18. The molecule has 0 aliphatic heterocycles. The number of amides is 1. The molecule has 5 heteroatoms. The van der Waals surface area contributed by atoms with Crippen molar-refractivity contribution in [3.63, 3.8) is 0 Å². The lowest BCUT2D eigenvalue weighted by atomic mass is 9.98. The molecule has 0 heterocycles. The molecule has 0 unspecified atom stereocenters. The lowest BCUT2D eigenvalue weighted by molar-refractivity contribution is -0.144. The van der Waals surface area contributed by atoms with Crippen LogP contribution in [0.5, 0.6) is 0 Å². The Morgan fingerprint density at radius 1 is 1.26 bits per heavy atom. The van der Waals surface area contributed by atoms with E-state index in [2.05, 4.69) is 19.2 Å². The molecule has 0 aromatic heterocycles. The van der Waals surface area contributed by atoms with Gasteiger partial charge in [0.2, 0.25) is 0 Å². The number of esters is 1. The minimum absolute atomic E-state index is 0.00536. The predicted octanol–water partition coefficient (Wildman–Crippen LogP) is 4.13. The molecule has 23 heavy (non-hydrogen) atoms. The molecule has 0 spiro atoms. The Bertz CT molecular complexity index is 562. The number of carbonyl (C=O) groups excluding carboxylic acids is 2. The number of thioether (sulfide) groups is 1. The van der Waals surface area contributed by atoms with Crippen LogP contribution in [0.4, 0.5) is 5.69 Å². The first-order valence-electron chi connectivity index (χ1n) is 7.79. The average Bonchev–Trinajstić information content (AvgIpc) is 2.44. The highest BCUT2D eigenvalue weighted by molar-refractivity contribution is 8.01. The number of aryl methyl sites for hydroxylation is 1. The molecule has 1 amide bonds. The van der Waals surface area contributed by atoms with Crippen molar-refractivity contribution in [3.05, 3.63) is 29.3 Å². The first kappa shape index (κ1) is 19.6. The Kier molecular flexibility index (Phi) is 7.13. The van der Waals surface area contributed by atoms with Crippen molar-refractivity contribution in [2.75, 3.05) is 17.7 Å². The molecular weight excluding hydrogens is 310 g/mol. The zero-order chi connectivity index (χ0) is 17.6. The van der Waals surface area contributed by atoms with Gasteiger partial charge in [0.15, 0.2) is 6.61 Å². The van der Waals surface area contributed by atoms with Crippen molar-refractivity contribution in [1.82, 2.24) is 0 Å². The van der Waals surface area contributed by atoms with Gasteiger partial charge in [0.1, 0.15) is 0 Å². The molecule has 0 radical (unpaired) electrons. The lowest BCUT2D eigenvalue weighted by Crippen LogP contribution is -2.23. The van der Waals surface area contributed by atoms with Crippen LogP contribution in [-0.2, 0) is 14.3 Å². The maximum Gasteiger partial charge on any atom is 0.316 e. The van der Waals surface area contributed by atoms with E-state index >= 15 is 0 Å². The van der Waals surface area contributed by atoms with Crippen molar-refractivity contribution in [2.24, 2.45) is 0 Å². The van der Waals surface area contributed by atoms with Crippen LogP contribution in [0.3, 0.4) is 0 Å². The molecule has 0 fully saturated rings. The highest BCUT2D eigenvalue weighted by Crippen LogP contribution is 2.27. The van der Waals surface area contributed by atoms with E-state index in [9.17, 15) is 9.59 Å². The third-order valence-corrected chi connectivity index (χ3v) is 4.42. The molecule has 1 aromatic carbocycles. The maximum absolute atomic E-state index is 12.0. The Morgan fingerprint density at radius 3 is 2.48 bits per heavy atom. The normalized spacial score (nSPS) is 11.4. The summed E-state index contributed by atoms with van der Waals surface area (Å²) in [6.07, 6.45) is 0. The standard InChI is InChI=1S/C18H27NO3S/c1-12(2)14-9-7-8-13(3)17(14)19-15(20)10-22-16(21)11-23-18(4,5)6/h7-9,12H,10-11H2,1-6H3,(H,19,20). The number of hydrogen-bond acceptors (Lipinski definition) is 4. The monoisotopic (exact) mass is 337 g/mol. The molecule has 128 valence electrons. The summed E-state index contributed by atoms with van der Waals surface area (Å²) in [5.74, 6) is -0.126.